The number of nitrogens with zero attached hydrogens (tertiary/aromatic N) is 1. The van der Waals surface area contributed by atoms with Gasteiger partial charge in [-0.2, -0.15) is 0 Å². The molecule has 0 aliphatic carbocycles. The molecule has 0 fully saturated rings. The van der Waals surface area contributed by atoms with E-state index in [1.807, 2.05) is 6.92 Å². The van der Waals surface area contributed by atoms with Crippen molar-refractivity contribution >= 4 is 5.91 Å². The minimum Gasteiger partial charge on any atom is -0.396 e. The molecule has 5 heteroatoms. The average Bonchev–Trinajstić information content (AvgIpc) is 2.60. The summed E-state index contributed by atoms with van der Waals surface area (Å²) in [6.45, 7) is 4.06. The van der Waals surface area contributed by atoms with Crippen LogP contribution in [-0.4, -0.2) is 29.3 Å². The fourth-order valence-electron chi connectivity index (χ4n) is 0.889. The molecule has 1 atom stereocenters. The normalized spacial score (nSPS) is 12.5. The van der Waals surface area contributed by atoms with Gasteiger partial charge in [0.05, 0.1) is 5.69 Å². The van der Waals surface area contributed by atoms with Crippen LogP contribution in [0, 0.1) is 12.8 Å². The summed E-state index contributed by atoms with van der Waals surface area (Å²) in [5.74, 6) is -0.0542. The topological polar surface area (TPSA) is 75.4 Å². The van der Waals surface area contributed by atoms with E-state index in [2.05, 4.69) is 10.5 Å². The van der Waals surface area contributed by atoms with Crippen molar-refractivity contribution in [3.8, 4) is 0 Å². The van der Waals surface area contributed by atoms with Crippen molar-refractivity contribution in [1.29, 1.82) is 0 Å². The molecule has 2 N–H and O–H groups in total. The van der Waals surface area contributed by atoms with Crippen LogP contribution in [0.25, 0.3) is 0 Å². The molecule has 1 heterocycles. The Morgan fingerprint density at radius 3 is 3.00 bits per heavy atom. The van der Waals surface area contributed by atoms with Crippen molar-refractivity contribution in [2.24, 2.45) is 5.92 Å². The van der Waals surface area contributed by atoms with E-state index in [1.165, 1.54) is 0 Å². The summed E-state index contributed by atoms with van der Waals surface area (Å²) in [6.07, 6.45) is 0. The molecule has 0 aliphatic heterocycles. The lowest BCUT2D eigenvalue weighted by Gasteiger charge is -2.07. The third-order valence-electron chi connectivity index (χ3n) is 1.77. The highest BCUT2D eigenvalue weighted by atomic mass is 16.5. The van der Waals surface area contributed by atoms with Gasteiger partial charge in [-0.1, -0.05) is 12.1 Å². The first-order valence-corrected chi connectivity index (χ1v) is 4.46. The number of aliphatic hydroxyl groups is 1. The third-order valence-corrected chi connectivity index (χ3v) is 1.77. The Bertz CT molecular complexity index is 309. The lowest BCUT2D eigenvalue weighted by atomic mass is 10.2. The molecule has 1 aromatic heterocycles. The van der Waals surface area contributed by atoms with Crippen LogP contribution in [0.2, 0.25) is 0 Å². The van der Waals surface area contributed by atoms with Crippen molar-refractivity contribution in [2.45, 2.75) is 13.8 Å². The van der Waals surface area contributed by atoms with Gasteiger partial charge in [-0.25, -0.2) is 0 Å². The summed E-state index contributed by atoms with van der Waals surface area (Å²) in [6, 6.07) is 1.57. The zero-order valence-electron chi connectivity index (χ0n) is 8.28. The molecule has 0 aliphatic rings. The summed E-state index contributed by atoms with van der Waals surface area (Å²) < 4.78 is 4.77. The molecule has 14 heavy (non-hydrogen) atoms. The lowest BCUT2D eigenvalue weighted by molar-refractivity contribution is 0.0905. The number of hydrogen-bond donors (Lipinski definition) is 2. The molecule has 0 radical (unpaired) electrons. The van der Waals surface area contributed by atoms with E-state index in [9.17, 15) is 4.79 Å². The molecular weight excluding hydrogens is 184 g/mol. The highest BCUT2D eigenvalue weighted by Crippen LogP contribution is 2.01. The van der Waals surface area contributed by atoms with Crippen molar-refractivity contribution in [2.75, 3.05) is 13.2 Å². The van der Waals surface area contributed by atoms with Crippen LogP contribution in [0.15, 0.2) is 10.6 Å². The van der Waals surface area contributed by atoms with Gasteiger partial charge in [0.1, 0.15) is 0 Å². The molecule has 0 bridgehead atoms. The second-order valence-electron chi connectivity index (χ2n) is 3.33. The van der Waals surface area contributed by atoms with Gasteiger partial charge in [-0.05, 0) is 12.8 Å². The zero-order valence-corrected chi connectivity index (χ0v) is 8.28. The summed E-state index contributed by atoms with van der Waals surface area (Å²) in [7, 11) is 0. The van der Waals surface area contributed by atoms with Crippen LogP contribution < -0.4 is 5.32 Å². The Labute approximate surface area is 82.1 Å². The Morgan fingerprint density at radius 1 is 1.79 bits per heavy atom. The monoisotopic (exact) mass is 198 g/mol. The number of amides is 1. The predicted octanol–water partition coefficient (Wildman–Crippen LogP) is 0.341. The highest BCUT2D eigenvalue weighted by Gasteiger charge is 2.11. The quantitative estimate of drug-likeness (QED) is 0.731. The van der Waals surface area contributed by atoms with Crippen LogP contribution >= 0.6 is 0 Å². The Balaban J connectivity index is 2.43. The van der Waals surface area contributed by atoms with Gasteiger partial charge in [-0.3, -0.25) is 4.79 Å². The van der Waals surface area contributed by atoms with Gasteiger partial charge in [0.2, 0.25) is 5.76 Å². The average molecular weight is 198 g/mol. The number of aromatic nitrogens is 1. The second kappa shape index (κ2) is 4.76. The van der Waals surface area contributed by atoms with Gasteiger partial charge >= 0.3 is 0 Å². The van der Waals surface area contributed by atoms with Crippen molar-refractivity contribution in [1.82, 2.24) is 10.5 Å². The van der Waals surface area contributed by atoms with E-state index < -0.39 is 0 Å². The van der Waals surface area contributed by atoms with Crippen molar-refractivity contribution in [3.05, 3.63) is 17.5 Å². The van der Waals surface area contributed by atoms with E-state index in [1.54, 1.807) is 13.0 Å². The van der Waals surface area contributed by atoms with Gasteiger partial charge < -0.3 is 14.9 Å². The fourth-order valence-corrected chi connectivity index (χ4v) is 0.889. The number of carbonyl (C=O) groups is 1. The molecule has 0 saturated heterocycles. The maximum atomic E-state index is 11.4. The van der Waals surface area contributed by atoms with E-state index >= 15 is 0 Å². The molecule has 0 aromatic carbocycles. The maximum Gasteiger partial charge on any atom is 0.289 e. The Kier molecular flexibility index (Phi) is 3.64. The molecule has 1 rings (SSSR count). The fraction of sp³-hybridized carbons (Fsp3) is 0.556. The molecule has 0 spiro atoms. The van der Waals surface area contributed by atoms with Crippen LogP contribution in [0.3, 0.4) is 0 Å². The smallest absolute Gasteiger partial charge is 0.289 e. The largest absolute Gasteiger partial charge is 0.396 e. The molecule has 5 nitrogen and oxygen atoms in total. The van der Waals surface area contributed by atoms with Crippen LogP contribution in [0.4, 0.5) is 0 Å². The Morgan fingerprint density at radius 2 is 2.50 bits per heavy atom. The van der Waals surface area contributed by atoms with E-state index in [-0.39, 0.29) is 24.2 Å². The maximum absolute atomic E-state index is 11.4. The zero-order chi connectivity index (χ0) is 10.6. The van der Waals surface area contributed by atoms with Crippen LogP contribution in [0.1, 0.15) is 23.2 Å². The first kappa shape index (κ1) is 10.7. The van der Waals surface area contributed by atoms with Crippen LogP contribution in [0.5, 0.6) is 0 Å². The van der Waals surface area contributed by atoms with Crippen molar-refractivity contribution in [3.63, 3.8) is 0 Å². The molecule has 0 saturated carbocycles. The number of aliphatic hydroxyl groups excluding tert-OH is 1. The van der Waals surface area contributed by atoms with E-state index in [4.69, 9.17) is 9.63 Å². The number of nitrogens with one attached hydrogen (secondary N) is 1. The molecule has 1 amide bonds. The van der Waals surface area contributed by atoms with E-state index in [0.717, 1.165) is 0 Å². The molecule has 78 valence electrons. The standard InChI is InChI=1S/C9H14N2O3/c1-6(5-12)4-10-9(13)8-3-7(2)11-14-8/h3,6,12H,4-5H2,1-2H3,(H,10,13). The van der Waals surface area contributed by atoms with Gasteiger partial charge in [0.15, 0.2) is 0 Å². The number of rotatable bonds is 4. The summed E-state index contributed by atoms with van der Waals surface area (Å²) in [5.41, 5.74) is 0.672. The van der Waals surface area contributed by atoms with E-state index in [0.29, 0.717) is 12.2 Å². The SMILES string of the molecule is Cc1cc(C(=O)NCC(C)CO)on1. The molecule has 1 unspecified atom stereocenters. The number of carbonyl (C=O) groups excluding carboxylic acids is 1. The summed E-state index contributed by atoms with van der Waals surface area (Å²) >= 11 is 0. The number of hydrogen-bond acceptors (Lipinski definition) is 4. The predicted molar refractivity (Wildman–Crippen MR) is 49.8 cm³/mol. The molecule has 1 aromatic rings. The van der Waals surface area contributed by atoms with Gasteiger partial charge in [0, 0.05) is 19.2 Å². The number of aryl methyl sites for hydroxylation is 1. The Hall–Kier alpha value is -1.36. The third kappa shape index (κ3) is 2.85. The lowest BCUT2D eigenvalue weighted by Crippen LogP contribution is -2.29. The molecular formula is C9H14N2O3. The second-order valence-corrected chi connectivity index (χ2v) is 3.33. The van der Waals surface area contributed by atoms with Gasteiger partial charge in [-0.15, -0.1) is 0 Å². The minimum atomic E-state index is -0.300. The van der Waals surface area contributed by atoms with Crippen LogP contribution in [-0.2, 0) is 0 Å². The van der Waals surface area contributed by atoms with Crippen molar-refractivity contribution < 1.29 is 14.4 Å². The minimum absolute atomic E-state index is 0.0444. The summed E-state index contributed by atoms with van der Waals surface area (Å²) in [5, 5.41) is 15.0. The first-order valence-electron chi connectivity index (χ1n) is 4.46. The van der Waals surface area contributed by atoms with Gasteiger partial charge in [0.25, 0.3) is 5.91 Å². The summed E-state index contributed by atoms with van der Waals surface area (Å²) in [4.78, 5) is 11.4. The first-order chi connectivity index (χ1) is 6.63. The highest BCUT2D eigenvalue weighted by molar-refractivity contribution is 5.91.